The van der Waals surface area contributed by atoms with Crippen molar-refractivity contribution in [2.24, 2.45) is 0 Å². The van der Waals surface area contributed by atoms with Crippen LogP contribution in [0, 0.1) is 0 Å². The molecule has 1 aliphatic heterocycles. The predicted molar refractivity (Wildman–Crippen MR) is 237 cm³/mol. The molecule has 0 bridgehead atoms. The van der Waals surface area contributed by atoms with Crippen LogP contribution in [0.5, 0.6) is 0 Å². The van der Waals surface area contributed by atoms with Gasteiger partial charge in [0, 0.05) is 50.0 Å². The molecule has 2 aliphatic rings. The molecule has 3 aromatic heterocycles. The number of anilines is 2. The summed E-state index contributed by atoms with van der Waals surface area (Å²) in [5.74, 6) is 0.792. The summed E-state index contributed by atoms with van der Waals surface area (Å²) >= 11 is 0. The largest absolute Gasteiger partial charge is 0.322 e. The number of hydrogen-bond acceptors (Lipinski definition) is 4. The molecule has 57 heavy (non-hydrogen) atoms. The molecule has 9 aromatic rings. The molecule has 11 rings (SSSR count). The highest BCUT2D eigenvalue weighted by atomic mass is 31.2. The zero-order valence-electron chi connectivity index (χ0n) is 31.7. The number of benzene rings is 6. The molecule has 0 saturated heterocycles. The lowest BCUT2D eigenvalue weighted by Gasteiger charge is -2.39. The molecule has 0 spiro atoms. The van der Waals surface area contributed by atoms with Crippen LogP contribution in [-0.2, 0) is 9.09 Å². The molecule has 276 valence electrons. The van der Waals surface area contributed by atoms with E-state index in [4.69, 9.17) is 9.51 Å². The third-order valence-corrected chi connectivity index (χ3v) is 14.5. The van der Waals surface area contributed by atoms with E-state index in [1.54, 1.807) is 6.20 Å². The summed E-state index contributed by atoms with van der Waals surface area (Å²) in [5.41, 5.74) is 10.0. The molecule has 6 nitrogen and oxygen atoms in total. The van der Waals surface area contributed by atoms with Crippen molar-refractivity contribution in [1.29, 1.82) is 0 Å². The van der Waals surface area contributed by atoms with Gasteiger partial charge >= 0.3 is 0 Å². The van der Waals surface area contributed by atoms with Crippen molar-refractivity contribution in [2.75, 3.05) is 11.5 Å². The Morgan fingerprint density at radius 3 is 1.77 bits per heavy atom. The van der Waals surface area contributed by atoms with Gasteiger partial charge in [-0.2, -0.15) is 0 Å². The normalized spacial score (nSPS) is 17.5. The summed E-state index contributed by atoms with van der Waals surface area (Å²) in [4.78, 5) is 7.47. The zero-order chi connectivity index (χ0) is 38.3. The van der Waals surface area contributed by atoms with Gasteiger partial charge in [0.05, 0.1) is 45.2 Å². The van der Waals surface area contributed by atoms with Crippen LogP contribution in [0.4, 0.5) is 11.5 Å². The minimum atomic E-state index is -3.35. The number of aromatic nitrogens is 3. The van der Waals surface area contributed by atoms with Gasteiger partial charge in [-0.1, -0.05) is 97.1 Å². The van der Waals surface area contributed by atoms with Crippen LogP contribution in [0.15, 0.2) is 176 Å². The number of allylic oxidation sites excluding steroid dienone is 2. The highest BCUT2D eigenvalue weighted by Crippen LogP contribution is 2.56. The molecule has 4 heterocycles. The van der Waals surface area contributed by atoms with E-state index in [-0.39, 0.29) is 0 Å². The van der Waals surface area contributed by atoms with Crippen LogP contribution in [-0.4, -0.2) is 26.3 Å². The first kappa shape index (κ1) is 33.8. The van der Waals surface area contributed by atoms with Crippen LogP contribution >= 0.6 is 7.37 Å². The Bertz CT molecular complexity index is 3070. The molecule has 0 amide bonds. The van der Waals surface area contributed by atoms with Crippen molar-refractivity contribution in [1.82, 2.24) is 14.1 Å². The van der Waals surface area contributed by atoms with Crippen molar-refractivity contribution in [3.05, 3.63) is 182 Å². The zero-order valence-corrected chi connectivity index (χ0v) is 32.6. The Hall–Kier alpha value is -6.46. The van der Waals surface area contributed by atoms with Gasteiger partial charge in [0.15, 0.2) is 0 Å². The Morgan fingerprint density at radius 2 is 1.21 bits per heavy atom. The van der Waals surface area contributed by atoms with Crippen LogP contribution in [0.3, 0.4) is 0 Å². The average Bonchev–Trinajstić information content (AvgIpc) is 3.87. The van der Waals surface area contributed by atoms with E-state index in [1.807, 2.05) is 49.4 Å². The third-order valence-electron chi connectivity index (χ3n) is 12.0. The summed E-state index contributed by atoms with van der Waals surface area (Å²) in [7, 11) is -3.35. The van der Waals surface area contributed by atoms with E-state index in [0.717, 1.165) is 29.3 Å². The lowest BCUT2D eigenvalue weighted by molar-refractivity contribution is 0.348. The predicted octanol–water partition coefficient (Wildman–Crippen LogP) is 11.8. The standard InChI is InChI=1S/C50H39N4O2P/c1-3-56-57(55,36-15-5-4-6-16-36)37-26-28-49(51-33-37)54-48-27-25-34(52-44-21-11-7-17-38(44)39-18-8-12-22-45(39)52)31-42(48)43-32-35(29-30-50(43,54)2)53-46-23-13-9-19-40(46)41-20-10-14-24-47(41)53/h4-29,31-33H,3,30H2,1-2H3. The maximum absolute atomic E-state index is 14.5. The number of nitrogens with zero attached hydrogens (tertiary/aromatic N) is 4. The lowest BCUT2D eigenvalue weighted by atomic mass is 9.82. The molecule has 2 atom stereocenters. The van der Waals surface area contributed by atoms with Gasteiger partial charge in [0.2, 0.25) is 0 Å². The first-order valence-corrected chi connectivity index (χ1v) is 21.2. The van der Waals surface area contributed by atoms with Crippen molar-refractivity contribution in [3.8, 4) is 5.69 Å². The summed E-state index contributed by atoms with van der Waals surface area (Å²) in [6.45, 7) is 4.53. The van der Waals surface area contributed by atoms with E-state index in [9.17, 15) is 4.57 Å². The fourth-order valence-electron chi connectivity index (χ4n) is 9.42. The number of para-hydroxylation sites is 4. The highest BCUT2D eigenvalue weighted by molar-refractivity contribution is 7.74. The number of fused-ring (bicyclic) bond motifs is 9. The average molecular weight is 759 g/mol. The first-order valence-electron chi connectivity index (χ1n) is 19.6. The van der Waals surface area contributed by atoms with Gasteiger partial charge in [0.25, 0.3) is 7.37 Å². The number of pyridine rings is 1. The van der Waals surface area contributed by atoms with Gasteiger partial charge in [-0.05, 0) is 98.6 Å². The van der Waals surface area contributed by atoms with Gasteiger partial charge < -0.3 is 18.6 Å². The summed E-state index contributed by atoms with van der Waals surface area (Å²) < 4.78 is 25.3. The molecule has 2 unspecified atom stereocenters. The molecule has 6 aromatic carbocycles. The minimum Gasteiger partial charge on any atom is -0.322 e. The topological polar surface area (TPSA) is 52.3 Å². The smallest absolute Gasteiger partial charge is 0.262 e. The molecule has 0 N–H and O–H groups in total. The SMILES string of the molecule is CCOP(=O)(c1ccccc1)c1ccc(N2c3ccc(-n4c5ccccc5c5ccccc54)cc3C3=CC(n4c5ccccc5c5ccccc54)=CCC32C)nc1. The maximum atomic E-state index is 14.5. The lowest BCUT2D eigenvalue weighted by Crippen LogP contribution is -2.41. The molecule has 0 fully saturated rings. The van der Waals surface area contributed by atoms with Gasteiger partial charge in [-0.3, -0.25) is 4.57 Å². The van der Waals surface area contributed by atoms with Crippen molar-refractivity contribution < 1.29 is 9.09 Å². The fourth-order valence-corrected chi connectivity index (χ4v) is 11.4. The van der Waals surface area contributed by atoms with Gasteiger partial charge in [-0.15, -0.1) is 0 Å². The van der Waals surface area contributed by atoms with Crippen LogP contribution < -0.4 is 15.5 Å². The first-order chi connectivity index (χ1) is 28.0. The summed E-state index contributed by atoms with van der Waals surface area (Å²) in [6, 6.07) is 55.0. The summed E-state index contributed by atoms with van der Waals surface area (Å²) in [6.07, 6.45) is 7.27. The van der Waals surface area contributed by atoms with E-state index >= 15 is 0 Å². The molecule has 0 radical (unpaired) electrons. The molecular formula is C50H39N4O2P. The highest BCUT2D eigenvalue weighted by Gasteiger charge is 2.47. The molecule has 7 heteroatoms. The minimum absolute atomic E-state index is 0.328. The Kier molecular flexibility index (Phi) is 7.59. The van der Waals surface area contributed by atoms with Crippen LogP contribution in [0.25, 0.3) is 60.6 Å². The summed E-state index contributed by atoms with van der Waals surface area (Å²) in [5, 5.41) is 6.20. The Morgan fingerprint density at radius 1 is 0.649 bits per heavy atom. The monoisotopic (exact) mass is 758 g/mol. The van der Waals surface area contributed by atoms with E-state index in [2.05, 4.69) is 148 Å². The van der Waals surface area contributed by atoms with Crippen molar-refractivity contribution in [3.63, 3.8) is 0 Å². The molecule has 0 saturated carbocycles. The van der Waals surface area contributed by atoms with E-state index < -0.39 is 12.9 Å². The fraction of sp³-hybridized carbons (Fsp3) is 0.100. The number of hydrogen-bond donors (Lipinski definition) is 0. The second-order valence-corrected chi connectivity index (χ2v) is 17.5. The molecular weight excluding hydrogens is 720 g/mol. The van der Waals surface area contributed by atoms with Crippen molar-refractivity contribution in [2.45, 2.75) is 25.8 Å². The van der Waals surface area contributed by atoms with E-state index in [0.29, 0.717) is 17.2 Å². The number of rotatable bonds is 7. The second-order valence-electron chi connectivity index (χ2n) is 15.1. The Labute approximate surface area is 331 Å². The van der Waals surface area contributed by atoms with Gasteiger partial charge in [0.1, 0.15) is 5.82 Å². The third kappa shape index (κ3) is 4.94. The van der Waals surface area contributed by atoms with Crippen LogP contribution in [0.1, 0.15) is 25.8 Å². The quantitative estimate of drug-likeness (QED) is 0.152. The van der Waals surface area contributed by atoms with Gasteiger partial charge in [-0.25, -0.2) is 4.98 Å². The maximum Gasteiger partial charge on any atom is 0.262 e. The second kappa shape index (κ2) is 12.8. The Balaban J connectivity index is 1.11. The van der Waals surface area contributed by atoms with E-state index in [1.165, 1.54) is 54.7 Å². The van der Waals surface area contributed by atoms with Crippen molar-refractivity contribution >= 4 is 84.4 Å². The van der Waals surface area contributed by atoms with Crippen LogP contribution in [0.2, 0.25) is 0 Å². The molecule has 1 aliphatic carbocycles.